The molecule has 0 atom stereocenters. The molecule has 2 heterocycles. The number of hydrogen-bond acceptors (Lipinski definition) is 5. The van der Waals surface area contributed by atoms with Crippen molar-refractivity contribution in [3.8, 4) is 0 Å². The summed E-state index contributed by atoms with van der Waals surface area (Å²) in [6.45, 7) is 4.22. The Labute approximate surface area is 151 Å². The Bertz CT molecular complexity index is 976. The minimum atomic E-state index is -0.385. The molecule has 3 rings (SSSR count). The number of rotatable bonds is 4. The first-order valence-corrected chi connectivity index (χ1v) is 8.15. The lowest BCUT2D eigenvalue weighted by Gasteiger charge is -2.16. The van der Waals surface area contributed by atoms with Crippen molar-refractivity contribution in [2.45, 2.75) is 20.4 Å². The molecule has 0 aliphatic heterocycles. The zero-order valence-electron chi connectivity index (χ0n) is 15.2. The van der Waals surface area contributed by atoms with Crippen LogP contribution >= 0.6 is 0 Å². The van der Waals surface area contributed by atoms with Gasteiger partial charge < -0.3 is 9.64 Å². The van der Waals surface area contributed by atoms with Crippen molar-refractivity contribution >= 4 is 17.5 Å². The number of nitrogens with zero attached hydrogens (tertiary/aromatic N) is 4. The number of aryl methyl sites for hydroxylation is 2. The number of aromatic nitrogens is 3. The van der Waals surface area contributed by atoms with Gasteiger partial charge >= 0.3 is 5.97 Å². The van der Waals surface area contributed by atoms with Crippen molar-refractivity contribution in [3.05, 3.63) is 64.6 Å². The van der Waals surface area contributed by atoms with Gasteiger partial charge in [-0.15, -0.1) is 0 Å². The highest BCUT2D eigenvalue weighted by Gasteiger charge is 2.19. The summed E-state index contributed by atoms with van der Waals surface area (Å²) in [6.07, 6.45) is 1.55. The summed E-state index contributed by atoms with van der Waals surface area (Å²) in [4.78, 5) is 30.4. The lowest BCUT2D eigenvalue weighted by molar-refractivity contribution is 0.0600. The van der Waals surface area contributed by atoms with Gasteiger partial charge in [-0.1, -0.05) is 12.1 Å². The van der Waals surface area contributed by atoms with E-state index in [1.807, 2.05) is 19.9 Å². The van der Waals surface area contributed by atoms with Gasteiger partial charge in [0.25, 0.3) is 5.91 Å². The van der Waals surface area contributed by atoms with E-state index in [4.69, 9.17) is 0 Å². The van der Waals surface area contributed by atoms with Crippen LogP contribution in [-0.4, -0.2) is 45.5 Å². The molecule has 26 heavy (non-hydrogen) atoms. The summed E-state index contributed by atoms with van der Waals surface area (Å²) in [5.74, 6) is -0.543. The molecule has 1 amide bonds. The third-order valence-corrected chi connectivity index (χ3v) is 4.15. The molecule has 134 valence electrons. The number of carbonyl (C=O) groups is 2. The first kappa shape index (κ1) is 17.6. The summed E-state index contributed by atoms with van der Waals surface area (Å²) in [6, 6.07) is 8.89. The Morgan fingerprint density at radius 2 is 1.88 bits per heavy atom. The van der Waals surface area contributed by atoms with Crippen LogP contribution in [0.3, 0.4) is 0 Å². The first-order chi connectivity index (χ1) is 12.4. The Hall–Kier alpha value is -3.22. The van der Waals surface area contributed by atoms with E-state index in [2.05, 4.69) is 14.8 Å². The Balaban J connectivity index is 1.81. The maximum atomic E-state index is 12.8. The molecule has 0 spiro atoms. The van der Waals surface area contributed by atoms with Gasteiger partial charge in [0.15, 0.2) is 5.65 Å². The fourth-order valence-electron chi connectivity index (χ4n) is 2.84. The molecule has 7 nitrogen and oxygen atoms in total. The number of ether oxygens (including phenoxy) is 1. The lowest BCUT2D eigenvalue weighted by Crippen LogP contribution is -2.26. The molecular weight excluding hydrogens is 332 g/mol. The normalized spacial score (nSPS) is 10.8. The van der Waals surface area contributed by atoms with E-state index in [0.29, 0.717) is 23.3 Å². The van der Waals surface area contributed by atoms with Gasteiger partial charge in [-0.2, -0.15) is 5.10 Å². The van der Waals surface area contributed by atoms with Gasteiger partial charge in [-0.3, -0.25) is 4.79 Å². The molecule has 0 aliphatic carbocycles. The molecule has 0 bridgehead atoms. The molecule has 2 aromatic heterocycles. The van der Waals surface area contributed by atoms with Crippen molar-refractivity contribution < 1.29 is 14.3 Å². The topological polar surface area (TPSA) is 76.8 Å². The number of amides is 1. The summed E-state index contributed by atoms with van der Waals surface area (Å²) >= 11 is 0. The molecule has 0 fully saturated rings. The van der Waals surface area contributed by atoms with E-state index in [1.54, 1.807) is 46.9 Å². The number of carbonyl (C=O) groups excluding carboxylic acids is 2. The van der Waals surface area contributed by atoms with Crippen molar-refractivity contribution in [3.63, 3.8) is 0 Å². The van der Waals surface area contributed by atoms with E-state index < -0.39 is 0 Å². The minimum Gasteiger partial charge on any atom is -0.465 e. The first-order valence-electron chi connectivity index (χ1n) is 8.15. The molecule has 0 unspecified atom stereocenters. The quantitative estimate of drug-likeness (QED) is 0.674. The monoisotopic (exact) mass is 352 g/mol. The lowest BCUT2D eigenvalue weighted by atomic mass is 10.1. The molecule has 0 radical (unpaired) electrons. The zero-order valence-corrected chi connectivity index (χ0v) is 15.2. The maximum absolute atomic E-state index is 12.8. The van der Waals surface area contributed by atoms with Crippen LogP contribution in [0.4, 0.5) is 0 Å². The highest BCUT2D eigenvalue weighted by atomic mass is 16.5. The average Bonchev–Trinajstić information content (AvgIpc) is 3.05. The van der Waals surface area contributed by atoms with Gasteiger partial charge in [0.1, 0.15) is 5.56 Å². The van der Waals surface area contributed by atoms with Gasteiger partial charge in [0.2, 0.25) is 0 Å². The number of fused-ring (bicyclic) bond motifs is 1. The van der Waals surface area contributed by atoms with E-state index in [9.17, 15) is 9.59 Å². The molecular formula is C19H20N4O3. The van der Waals surface area contributed by atoms with E-state index in [0.717, 1.165) is 17.0 Å². The zero-order chi connectivity index (χ0) is 18.8. The van der Waals surface area contributed by atoms with Crippen LogP contribution in [-0.2, 0) is 11.3 Å². The standard InChI is InChI=1S/C19H20N4O3/c1-12-9-13(2)23-17(21-12)16(10-20-23)18(24)22(3)11-14-5-7-15(8-6-14)19(25)26-4/h5-10H,11H2,1-4H3. The highest BCUT2D eigenvalue weighted by Crippen LogP contribution is 2.15. The fraction of sp³-hybridized carbons (Fsp3) is 0.263. The third kappa shape index (κ3) is 3.28. The van der Waals surface area contributed by atoms with Gasteiger partial charge in [0.05, 0.1) is 18.9 Å². The molecule has 1 aromatic carbocycles. The number of methoxy groups -OCH3 is 1. The predicted octanol–water partition coefficient (Wildman–Crippen LogP) is 2.40. The van der Waals surface area contributed by atoms with E-state index >= 15 is 0 Å². The van der Waals surface area contributed by atoms with Crippen molar-refractivity contribution in [2.75, 3.05) is 14.2 Å². The summed E-state index contributed by atoms with van der Waals surface area (Å²) in [5, 5.41) is 4.27. The maximum Gasteiger partial charge on any atom is 0.337 e. The molecule has 3 aromatic rings. The van der Waals surface area contributed by atoms with Crippen molar-refractivity contribution in [1.82, 2.24) is 19.5 Å². The van der Waals surface area contributed by atoms with E-state index in [-0.39, 0.29) is 11.9 Å². The van der Waals surface area contributed by atoms with Crippen LogP contribution in [0.2, 0.25) is 0 Å². The van der Waals surface area contributed by atoms with Crippen LogP contribution in [0.1, 0.15) is 37.7 Å². The molecule has 7 heteroatoms. The van der Waals surface area contributed by atoms with Crippen LogP contribution in [0.5, 0.6) is 0 Å². The SMILES string of the molecule is COC(=O)c1ccc(CN(C)C(=O)c2cnn3c(C)cc(C)nc23)cc1. The van der Waals surface area contributed by atoms with Crippen molar-refractivity contribution in [1.29, 1.82) is 0 Å². The Kier molecular flexibility index (Phi) is 4.71. The second kappa shape index (κ2) is 6.95. The van der Waals surface area contributed by atoms with E-state index in [1.165, 1.54) is 7.11 Å². The summed E-state index contributed by atoms with van der Waals surface area (Å²) in [5.41, 5.74) is 4.16. The largest absolute Gasteiger partial charge is 0.465 e. The fourth-order valence-corrected chi connectivity index (χ4v) is 2.84. The van der Waals surface area contributed by atoms with Gasteiger partial charge in [0, 0.05) is 25.0 Å². The van der Waals surface area contributed by atoms with Crippen LogP contribution in [0, 0.1) is 13.8 Å². The molecule has 0 saturated carbocycles. The second-order valence-corrected chi connectivity index (χ2v) is 6.18. The number of hydrogen-bond donors (Lipinski definition) is 0. The van der Waals surface area contributed by atoms with Gasteiger partial charge in [-0.25, -0.2) is 14.3 Å². The van der Waals surface area contributed by atoms with Crippen LogP contribution in [0.25, 0.3) is 5.65 Å². The second-order valence-electron chi connectivity index (χ2n) is 6.18. The average molecular weight is 352 g/mol. The Morgan fingerprint density at radius 1 is 1.19 bits per heavy atom. The van der Waals surface area contributed by atoms with Gasteiger partial charge in [-0.05, 0) is 37.6 Å². The number of esters is 1. The molecule has 0 saturated heterocycles. The number of benzene rings is 1. The predicted molar refractivity (Wildman–Crippen MR) is 96.0 cm³/mol. The summed E-state index contributed by atoms with van der Waals surface area (Å²) in [7, 11) is 3.07. The minimum absolute atomic E-state index is 0.158. The summed E-state index contributed by atoms with van der Waals surface area (Å²) < 4.78 is 6.35. The smallest absolute Gasteiger partial charge is 0.337 e. The Morgan fingerprint density at radius 3 is 2.54 bits per heavy atom. The highest BCUT2D eigenvalue weighted by molar-refractivity contribution is 5.99. The van der Waals surface area contributed by atoms with Crippen molar-refractivity contribution in [2.24, 2.45) is 0 Å². The molecule has 0 aliphatic rings. The van der Waals surface area contributed by atoms with Crippen LogP contribution in [0.15, 0.2) is 36.5 Å². The van der Waals surface area contributed by atoms with Crippen LogP contribution < -0.4 is 0 Å². The third-order valence-electron chi connectivity index (χ3n) is 4.15. The molecule has 0 N–H and O–H groups in total.